The van der Waals surface area contributed by atoms with E-state index in [0.29, 0.717) is 31.0 Å². The van der Waals surface area contributed by atoms with Crippen molar-refractivity contribution in [3.63, 3.8) is 0 Å². The second-order valence-electron chi connectivity index (χ2n) is 5.18. The number of hydrogen-bond donors (Lipinski definition) is 1. The number of nitrogens with two attached hydrogens (primary N) is 1. The van der Waals surface area contributed by atoms with Gasteiger partial charge in [0, 0.05) is 13.1 Å². The molecule has 4 nitrogen and oxygen atoms in total. The van der Waals surface area contributed by atoms with Gasteiger partial charge in [0.15, 0.2) is 0 Å². The Morgan fingerprint density at radius 2 is 1.91 bits per heavy atom. The highest BCUT2D eigenvalue weighted by Crippen LogP contribution is 2.17. The summed E-state index contributed by atoms with van der Waals surface area (Å²) < 4.78 is 5.47. The van der Waals surface area contributed by atoms with Crippen LogP contribution in [0.25, 0.3) is 0 Å². The summed E-state index contributed by atoms with van der Waals surface area (Å²) in [6, 6.07) is 11.8. The van der Waals surface area contributed by atoms with Crippen molar-refractivity contribution in [2.24, 2.45) is 5.73 Å². The third kappa shape index (κ3) is 4.61. The van der Waals surface area contributed by atoms with Crippen LogP contribution in [0.2, 0.25) is 0 Å². The first-order valence-electron chi connectivity index (χ1n) is 7.22. The summed E-state index contributed by atoms with van der Waals surface area (Å²) in [4.78, 5) is 14.5. The molecule has 2 N–H and O–H groups in total. The quantitative estimate of drug-likeness (QED) is 0.887. The Kier molecular flexibility index (Phi) is 7.15. The minimum atomic E-state index is 0. The van der Waals surface area contributed by atoms with Crippen molar-refractivity contribution in [1.29, 1.82) is 0 Å². The van der Waals surface area contributed by atoms with Gasteiger partial charge in [-0.1, -0.05) is 30.3 Å². The average molecular weight is 323 g/mol. The van der Waals surface area contributed by atoms with Gasteiger partial charge in [0.25, 0.3) is 5.91 Å². The molecule has 1 aromatic carbocycles. The molecule has 0 saturated carbocycles. The molecule has 2 aromatic rings. The number of furan rings is 1. The molecule has 1 aromatic heterocycles. The number of carbonyl (C=O) groups excluding carboxylic acids is 1. The second kappa shape index (κ2) is 8.61. The fourth-order valence-electron chi connectivity index (χ4n) is 2.35. The van der Waals surface area contributed by atoms with Crippen LogP contribution in [0, 0.1) is 13.8 Å². The molecule has 2 rings (SSSR count). The fraction of sp³-hybridized carbons (Fsp3) is 0.353. The molecule has 1 heterocycles. The maximum atomic E-state index is 12.7. The molecular formula is C17H23ClN2O2. The highest BCUT2D eigenvalue weighted by molar-refractivity contribution is 5.95. The molecule has 0 aliphatic carbocycles. The summed E-state index contributed by atoms with van der Waals surface area (Å²) in [5.74, 6) is 1.43. The van der Waals surface area contributed by atoms with E-state index in [1.165, 1.54) is 0 Å². The predicted octanol–water partition coefficient (Wildman–Crippen LogP) is 3.31. The molecule has 1 amide bonds. The minimum Gasteiger partial charge on any atom is -0.466 e. The van der Waals surface area contributed by atoms with E-state index in [4.69, 9.17) is 10.2 Å². The molecule has 0 aliphatic heterocycles. The van der Waals surface area contributed by atoms with E-state index in [1.54, 1.807) is 6.07 Å². The zero-order chi connectivity index (χ0) is 15.2. The number of carbonyl (C=O) groups is 1. The second-order valence-corrected chi connectivity index (χ2v) is 5.18. The van der Waals surface area contributed by atoms with Crippen molar-refractivity contribution >= 4 is 18.3 Å². The predicted molar refractivity (Wildman–Crippen MR) is 90.3 cm³/mol. The van der Waals surface area contributed by atoms with E-state index < -0.39 is 0 Å². The highest BCUT2D eigenvalue weighted by Gasteiger charge is 2.20. The highest BCUT2D eigenvalue weighted by atomic mass is 35.5. The summed E-state index contributed by atoms with van der Waals surface area (Å²) in [7, 11) is 0. The zero-order valence-electron chi connectivity index (χ0n) is 13.0. The third-order valence-corrected chi connectivity index (χ3v) is 3.41. The largest absolute Gasteiger partial charge is 0.466 e. The van der Waals surface area contributed by atoms with Gasteiger partial charge >= 0.3 is 0 Å². The zero-order valence-corrected chi connectivity index (χ0v) is 13.9. The summed E-state index contributed by atoms with van der Waals surface area (Å²) in [6.45, 7) is 5.48. The first-order valence-corrected chi connectivity index (χ1v) is 7.22. The summed E-state index contributed by atoms with van der Waals surface area (Å²) in [6.07, 6.45) is 0.786. The third-order valence-electron chi connectivity index (χ3n) is 3.41. The molecule has 0 radical (unpaired) electrons. The van der Waals surface area contributed by atoms with Crippen LogP contribution in [0.5, 0.6) is 0 Å². The Labute approximate surface area is 137 Å². The van der Waals surface area contributed by atoms with Gasteiger partial charge < -0.3 is 15.1 Å². The van der Waals surface area contributed by atoms with E-state index in [-0.39, 0.29) is 18.3 Å². The summed E-state index contributed by atoms with van der Waals surface area (Å²) in [5, 5.41) is 0. The first-order chi connectivity index (χ1) is 10.1. The lowest BCUT2D eigenvalue weighted by Gasteiger charge is -2.22. The fourth-order valence-corrected chi connectivity index (χ4v) is 2.35. The number of benzene rings is 1. The molecule has 0 fully saturated rings. The SMILES string of the molecule is Cc1cc(C(=O)N(CCCN)Cc2ccccc2)c(C)o1.Cl. The molecule has 120 valence electrons. The normalized spacial score (nSPS) is 10.1. The van der Waals surface area contributed by atoms with Crippen molar-refractivity contribution in [2.75, 3.05) is 13.1 Å². The van der Waals surface area contributed by atoms with Crippen LogP contribution in [-0.2, 0) is 6.54 Å². The molecule has 0 aliphatic rings. The van der Waals surface area contributed by atoms with Gasteiger partial charge in [-0.2, -0.15) is 0 Å². The molecule has 0 bridgehead atoms. The Hall–Kier alpha value is -1.78. The average Bonchev–Trinajstić information content (AvgIpc) is 2.82. The van der Waals surface area contributed by atoms with Crippen molar-refractivity contribution in [2.45, 2.75) is 26.8 Å². The van der Waals surface area contributed by atoms with Crippen LogP contribution in [0.1, 0.15) is 33.9 Å². The Morgan fingerprint density at radius 1 is 1.23 bits per heavy atom. The van der Waals surface area contributed by atoms with E-state index in [0.717, 1.165) is 17.7 Å². The molecule has 0 atom stereocenters. The van der Waals surface area contributed by atoms with Gasteiger partial charge in [0.2, 0.25) is 0 Å². The summed E-state index contributed by atoms with van der Waals surface area (Å²) >= 11 is 0. The number of hydrogen-bond acceptors (Lipinski definition) is 3. The van der Waals surface area contributed by atoms with E-state index in [1.807, 2.05) is 49.1 Å². The monoisotopic (exact) mass is 322 g/mol. The molecular weight excluding hydrogens is 300 g/mol. The van der Waals surface area contributed by atoms with Gasteiger partial charge in [-0.25, -0.2) is 0 Å². The first kappa shape index (κ1) is 18.3. The smallest absolute Gasteiger partial charge is 0.257 e. The molecule has 5 heteroatoms. The van der Waals surface area contributed by atoms with Gasteiger partial charge in [0.05, 0.1) is 5.56 Å². The van der Waals surface area contributed by atoms with E-state index in [9.17, 15) is 4.79 Å². The van der Waals surface area contributed by atoms with Crippen molar-refractivity contribution in [3.8, 4) is 0 Å². The van der Waals surface area contributed by atoms with Gasteiger partial charge in [-0.05, 0) is 38.4 Å². The molecule has 0 spiro atoms. The van der Waals surface area contributed by atoms with Crippen LogP contribution in [0.4, 0.5) is 0 Å². The maximum absolute atomic E-state index is 12.7. The van der Waals surface area contributed by atoms with Crippen molar-refractivity contribution in [1.82, 2.24) is 4.90 Å². The molecule has 0 unspecified atom stereocenters. The molecule has 22 heavy (non-hydrogen) atoms. The van der Waals surface area contributed by atoms with Crippen molar-refractivity contribution in [3.05, 3.63) is 59.0 Å². The maximum Gasteiger partial charge on any atom is 0.257 e. The standard InChI is InChI=1S/C17H22N2O2.ClH/c1-13-11-16(14(2)21-13)17(20)19(10-6-9-18)12-15-7-4-3-5-8-15;/h3-5,7-8,11H,6,9-10,12,18H2,1-2H3;1H. The van der Waals surface area contributed by atoms with Crippen molar-refractivity contribution < 1.29 is 9.21 Å². The topological polar surface area (TPSA) is 59.5 Å². The van der Waals surface area contributed by atoms with E-state index >= 15 is 0 Å². The number of amides is 1. The Morgan fingerprint density at radius 3 is 2.45 bits per heavy atom. The summed E-state index contributed by atoms with van der Waals surface area (Å²) in [5.41, 5.74) is 7.34. The number of nitrogens with zero attached hydrogens (tertiary/aromatic N) is 1. The van der Waals surface area contributed by atoms with Crippen LogP contribution in [0.15, 0.2) is 40.8 Å². The Bertz CT molecular complexity index is 596. The van der Waals surface area contributed by atoms with Gasteiger partial charge in [0.1, 0.15) is 11.5 Å². The van der Waals surface area contributed by atoms with E-state index in [2.05, 4.69) is 0 Å². The number of aryl methyl sites for hydroxylation is 2. The lowest BCUT2D eigenvalue weighted by Crippen LogP contribution is -2.32. The van der Waals surface area contributed by atoms with Gasteiger partial charge in [-0.3, -0.25) is 4.79 Å². The minimum absolute atomic E-state index is 0. The number of rotatable bonds is 6. The van der Waals surface area contributed by atoms with Gasteiger partial charge in [-0.15, -0.1) is 12.4 Å². The Balaban J connectivity index is 0.00000242. The molecule has 0 saturated heterocycles. The lowest BCUT2D eigenvalue weighted by atomic mass is 10.1. The lowest BCUT2D eigenvalue weighted by molar-refractivity contribution is 0.0740. The van der Waals surface area contributed by atoms with Crippen LogP contribution < -0.4 is 5.73 Å². The van der Waals surface area contributed by atoms with Crippen LogP contribution in [-0.4, -0.2) is 23.9 Å². The van der Waals surface area contributed by atoms with Crippen LogP contribution in [0.3, 0.4) is 0 Å². The van der Waals surface area contributed by atoms with Crippen LogP contribution >= 0.6 is 12.4 Å². The number of halogens is 1.